The second-order valence-corrected chi connectivity index (χ2v) is 7.84. The van der Waals surface area contributed by atoms with E-state index in [1.807, 2.05) is 12.1 Å². The first-order valence-corrected chi connectivity index (χ1v) is 9.44. The minimum Gasteiger partial charge on any atom is -0.399 e. The van der Waals surface area contributed by atoms with Crippen LogP contribution < -0.4 is 11.1 Å². The number of rotatable bonds is 10. The average Bonchev–Trinajstić information content (AvgIpc) is 2.62. The van der Waals surface area contributed by atoms with Gasteiger partial charge in [-0.05, 0) is 55.4 Å². The molecular formula is C24H32N2O. The molecule has 2 rings (SSSR count). The highest BCUT2D eigenvalue weighted by molar-refractivity contribution is 5.60. The van der Waals surface area contributed by atoms with Crippen LogP contribution in [0.3, 0.4) is 0 Å². The minimum atomic E-state index is -0.382. The lowest BCUT2D eigenvalue weighted by Crippen LogP contribution is -2.45. The van der Waals surface area contributed by atoms with Crippen LogP contribution in [-0.4, -0.2) is 23.3 Å². The number of β-amino-alcohol motifs (C(OH)–C–C–N with tert-alkyl or cyclic N) is 1. The van der Waals surface area contributed by atoms with Crippen LogP contribution in [0.5, 0.6) is 0 Å². The zero-order valence-corrected chi connectivity index (χ0v) is 16.5. The molecule has 3 heteroatoms. The van der Waals surface area contributed by atoms with Gasteiger partial charge in [-0.2, -0.15) is 0 Å². The molecule has 0 aromatic heterocycles. The summed E-state index contributed by atoms with van der Waals surface area (Å²) in [6.45, 7) is 12.3. The molecule has 0 fully saturated rings. The topological polar surface area (TPSA) is 58.3 Å². The van der Waals surface area contributed by atoms with E-state index in [1.165, 1.54) is 16.7 Å². The van der Waals surface area contributed by atoms with E-state index in [0.717, 1.165) is 18.4 Å². The van der Waals surface area contributed by atoms with Crippen molar-refractivity contribution in [3.63, 3.8) is 0 Å². The molecular weight excluding hydrogens is 332 g/mol. The molecule has 144 valence electrons. The summed E-state index contributed by atoms with van der Waals surface area (Å²) in [5, 5.41) is 13.3. The van der Waals surface area contributed by atoms with Crippen molar-refractivity contribution < 1.29 is 5.11 Å². The quantitative estimate of drug-likeness (QED) is 0.557. The maximum absolute atomic E-state index is 9.86. The Bertz CT molecular complexity index is 745. The fraction of sp³-hybridized carbons (Fsp3) is 0.333. The largest absolute Gasteiger partial charge is 0.399 e. The van der Waals surface area contributed by atoms with Gasteiger partial charge in [0.25, 0.3) is 0 Å². The molecule has 1 atom stereocenters. The summed E-state index contributed by atoms with van der Waals surface area (Å²) < 4.78 is 0. The Morgan fingerprint density at radius 2 is 1.59 bits per heavy atom. The first kappa shape index (κ1) is 20.9. The Kier molecular flexibility index (Phi) is 7.40. The van der Waals surface area contributed by atoms with Crippen molar-refractivity contribution in [3.05, 3.63) is 90.0 Å². The smallest absolute Gasteiger partial charge is 0.0699 e. The van der Waals surface area contributed by atoms with Crippen molar-refractivity contribution in [2.24, 2.45) is 5.73 Å². The molecule has 3 nitrogen and oxygen atoms in total. The Hall–Kier alpha value is -2.36. The van der Waals surface area contributed by atoms with E-state index < -0.39 is 0 Å². The molecule has 0 bridgehead atoms. The summed E-state index contributed by atoms with van der Waals surface area (Å²) in [6, 6.07) is 17.0. The van der Waals surface area contributed by atoms with Gasteiger partial charge in [-0.1, -0.05) is 61.2 Å². The molecule has 2 aromatic carbocycles. The summed E-state index contributed by atoms with van der Waals surface area (Å²) in [4.78, 5) is 0. The molecule has 0 heterocycles. The van der Waals surface area contributed by atoms with Gasteiger partial charge in [0, 0.05) is 17.8 Å². The second-order valence-electron chi connectivity index (χ2n) is 7.84. The van der Waals surface area contributed by atoms with Gasteiger partial charge in [0.2, 0.25) is 0 Å². The Morgan fingerprint density at radius 1 is 1.07 bits per heavy atom. The number of benzene rings is 2. The van der Waals surface area contributed by atoms with Gasteiger partial charge in [-0.3, -0.25) is 0 Å². The zero-order chi connectivity index (χ0) is 19.9. The molecule has 4 N–H and O–H groups in total. The van der Waals surface area contributed by atoms with Gasteiger partial charge >= 0.3 is 0 Å². The van der Waals surface area contributed by atoms with Crippen LogP contribution in [0, 0.1) is 0 Å². The number of hydrogen-bond donors (Lipinski definition) is 3. The highest BCUT2D eigenvalue weighted by Gasteiger charge is 2.18. The summed E-state index contributed by atoms with van der Waals surface area (Å²) in [6.07, 6.45) is 3.77. The molecule has 2 aromatic rings. The highest BCUT2D eigenvalue weighted by Crippen LogP contribution is 2.17. The van der Waals surface area contributed by atoms with Crippen LogP contribution in [0.15, 0.2) is 67.8 Å². The predicted molar refractivity (Wildman–Crippen MR) is 116 cm³/mol. The number of aliphatic hydroxyl groups excluding tert-OH is 1. The maximum Gasteiger partial charge on any atom is 0.0699 e. The third-order valence-electron chi connectivity index (χ3n) is 4.66. The fourth-order valence-electron chi connectivity index (χ4n) is 3.09. The molecule has 0 aliphatic heterocycles. The fourth-order valence-corrected chi connectivity index (χ4v) is 3.09. The maximum atomic E-state index is 9.86. The van der Waals surface area contributed by atoms with Crippen LogP contribution in [0.25, 0.3) is 5.70 Å². The number of nitrogens with two attached hydrogens (primary N) is 1. The third kappa shape index (κ3) is 7.05. The standard InChI is InChI=1S/C24H32N2O/c1-5-6-23(27)17-26-24(3,4)16-21-9-7-19(8-10-21)15-20-11-13-22(14-12-20)18(2)25/h5,7-14,23,26-27H,1-2,6,15-17,25H2,3-4H3. The summed E-state index contributed by atoms with van der Waals surface area (Å²) in [7, 11) is 0. The Labute approximate surface area is 163 Å². The molecule has 1 unspecified atom stereocenters. The van der Waals surface area contributed by atoms with Crippen molar-refractivity contribution in [2.75, 3.05) is 6.54 Å². The van der Waals surface area contributed by atoms with Gasteiger partial charge in [-0.15, -0.1) is 6.58 Å². The van der Waals surface area contributed by atoms with E-state index in [-0.39, 0.29) is 11.6 Å². The van der Waals surface area contributed by atoms with E-state index in [0.29, 0.717) is 18.7 Å². The summed E-state index contributed by atoms with van der Waals surface area (Å²) >= 11 is 0. The third-order valence-corrected chi connectivity index (χ3v) is 4.66. The van der Waals surface area contributed by atoms with Crippen LogP contribution in [0.4, 0.5) is 0 Å². The number of nitrogens with one attached hydrogen (secondary N) is 1. The minimum absolute atomic E-state index is 0.0792. The van der Waals surface area contributed by atoms with Crippen LogP contribution >= 0.6 is 0 Å². The highest BCUT2D eigenvalue weighted by atomic mass is 16.3. The molecule has 0 saturated heterocycles. The van der Waals surface area contributed by atoms with E-state index in [4.69, 9.17) is 5.73 Å². The van der Waals surface area contributed by atoms with Gasteiger partial charge in [-0.25, -0.2) is 0 Å². The average molecular weight is 365 g/mol. The lowest BCUT2D eigenvalue weighted by Gasteiger charge is -2.28. The molecule has 0 aliphatic rings. The molecule has 0 radical (unpaired) electrons. The zero-order valence-electron chi connectivity index (χ0n) is 16.5. The van der Waals surface area contributed by atoms with Crippen molar-refractivity contribution in [3.8, 4) is 0 Å². The van der Waals surface area contributed by atoms with E-state index in [9.17, 15) is 5.11 Å². The van der Waals surface area contributed by atoms with Crippen molar-refractivity contribution in [2.45, 2.75) is 44.8 Å². The lowest BCUT2D eigenvalue weighted by atomic mass is 9.93. The lowest BCUT2D eigenvalue weighted by molar-refractivity contribution is 0.161. The van der Waals surface area contributed by atoms with Crippen LogP contribution in [0.2, 0.25) is 0 Å². The second kappa shape index (κ2) is 9.54. The number of aliphatic hydroxyl groups is 1. The van der Waals surface area contributed by atoms with E-state index in [1.54, 1.807) is 6.08 Å². The van der Waals surface area contributed by atoms with Gasteiger partial charge in [0.15, 0.2) is 0 Å². The monoisotopic (exact) mass is 364 g/mol. The molecule has 0 spiro atoms. The van der Waals surface area contributed by atoms with E-state index in [2.05, 4.69) is 68.7 Å². The predicted octanol–water partition coefficient (Wildman–Crippen LogP) is 4.05. The molecule has 0 amide bonds. The number of hydrogen-bond acceptors (Lipinski definition) is 3. The Morgan fingerprint density at radius 3 is 2.11 bits per heavy atom. The Balaban J connectivity index is 1.92. The SMILES string of the molecule is C=CCC(O)CNC(C)(C)Cc1ccc(Cc2ccc(C(=C)N)cc2)cc1. The van der Waals surface area contributed by atoms with Crippen LogP contribution in [0.1, 0.15) is 42.5 Å². The van der Waals surface area contributed by atoms with Crippen molar-refractivity contribution in [1.29, 1.82) is 0 Å². The summed E-state index contributed by atoms with van der Waals surface area (Å²) in [5.74, 6) is 0. The molecule has 27 heavy (non-hydrogen) atoms. The van der Waals surface area contributed by atoms with Crippen LogP contribution in [-0.2, 0) is 12.8 Å². The molecule has 0 aliphatic carbocycles. The van der Waals surface area contributed by atoms with Crippen molar-refractivity contribution >= 4 is 5.70 Å². The van der Waals surface area contributed by atoms with Gasteiger partial charge < -0.3 is 16.2 Å². The summed E-state index contributed by atoms with van der Waals surface area (Å²) in [5.41, 5.74) is 11.0. The van der Waals surface area contributed by atoms with Gasteiger partial charge in [0.05, 0.1) is 6.10 Å². The first-order chi connectivity index (χ1) is 12.8. The van der Waals surface area contributed by atoms with Crippen molar-refractivity contribution in [1.82, 2.24) is 5.32 Å². The normalized spacial score (nSPS) is 12.6. The first-order valence-electron chi connectivity index (χ1n) is 9.44. The molecule has 0 saturated carbocycles. The van der Waals surface area contributed by atoms with E-state index >= 15 is 0 Å². The van der Waals surface area contributed by atoms with Gasteiger partial charge in [0.1, 0.15) is 0 Å².